The number of aliphatic hydroxyl groups excluding tert-OH is 4. The number of nitrogens with zero attached hydrogens (tertiary/aromatic N) is 6. The number of carbonyl (C=O) groups excluding carboxylic acids is 5. The van der Waals surface area contributed by atoms with Crippen molar-refractivity contribution in [3.05, 3.63) is 82.8 Å². The number of rotatable bonds is 27. The highest BCUT2D eigenvalue weighted by Crippen LogP contribution is 2.68. The molecule has 2 aromatic carbocycles. The van der Waals surface area contributed by atoms with Crippen LogP contribution < -0.4 is 36.4 Å². The van der Waals surface area contributed by atoms with E-state index in [-0.39, 0.29) is 55.7 Å². The number of para-hydroxylation sites is 1. The number of carboxylic acid groups (broad SMARTS) is 3. The quantitative estimate of drug-likeness (QED) is 0.0103. The van der Waals surface area contributed by atoms with Crippen LogP contribution in [0, 0.1) is 11.3 Å². The molecule has 18 atom stereocenters. The number of hydrogen-bond acceptors (Lipinski definition) is 27. The van der Waals surface area contributed by atoms with E-state index in [0.29, 0.717) is 86.7 Å². The van der Waals surface area contributed by atoms with Gasteiger partial charge in [0.1, 0.15) is 54.3 Å². The third-order valence-corrected chi connectivity index (χ3v) is 24.3. The molecule has 2 bridgehead atoms. The number of amides is 4. The number of aromatic nitrogens is 4. The van der Waals surface area contributed by atoms with Gasteiger partial charge in [-0.25, -0.2) is 24.5 Å². The summed E-state index contributed by atoms with van der Waals surface area (Å²) in [6.07, 6.45) is -5.83. The summed E-state index contributed by atoms with van der Waals surface area (Å²) >= 11 is 0. The highest BCUT2D eigenvalue weighted by molar-refractivity contribution is 8.76. The molecule has 15 N–H and O–H groups in total. The van der Waals surface area contributed by atoms with Gasteiger partial charge in [0, 0.05) is 108 Å². The van der Waals surface area contributed by atoms with Crippen LogP contribution in [0.4, 0.5) is 10.5 Å². The van der Waals surface area contributed by atoms with Crippen LogP contribution in [0.3, 0.4) is 0 Å². The van der Waals surface area contributed by atoms with Crippen molar-refractivity contribution in [3.63, 3.8) is 0 Å². The topological polar surface area (TPSA) is 481 Å². The SMILES string of the molecule is CC[C@]1(O)C[C@H]2CN(CCc3c([nH]c4ccccc34)[C@@](C(=O)OC)(c3cc4c(cc3OC)N(C)[C@H]3[C@@](O)(C(=O)NNC(=O)OCCSSC[C@H](NC(=O)[C@H](Cc5cn(CCO[C@@H]6OC(C(=O)O)C(O)[C@H](O)C6O)nn5)NC(=O)[C@H](CC(=O)O)NC)C(=O)O)[C@H](O)[C@]5(CC)C=CCN6CC[C@]43[C@@H]65)C2)C1. The monoisotopic (exact) mass is 1480 g/mol. The summed E-state index contributed by atoms with van der Waals surface area (Å²) in [5.74, 6) is -8.21. The van der Waals surface area contributed by atoms with E-state index >= 15 is 9.59 Å². The summed E-state index contributed by atoms with van der Waals surface area (Å²) in [6.45, 7) is 5.81. The van der Waals surface area contributed by atoms with E-state index in [2.05, 4.69) is 51.9 Å². The van der Waals surface area contributed by atoms with Gasteiger partial charge in [0.25, 0.3) is 5.91 Å². The third kappa shape index (κ3) is 14.0. The van der Waals surface area contributed by atoms with Crippen LogP contribution in [0.5, 0.6) is 5.75 Å². The molecule has 4 fully saturated rings. The second-order valence-corrected chi connectivity index (χ2v) is 30.3. The first-order valence-electron chi connectivity index (χ1n) is 34.1. The molecular formula is C67H90N12O22S2. The van der Waals surface area contributed by atoms with Gasteiger partial charge in [-0.05, 0) is 81.3 Å². The van der Waals surface area contributed by atoms with Crippen molar-refractivity contribution in [2.24, 2.45) is 11.3 Å². The van der Waals surface area contributed by atoms with E-state index in [9.17, 15) is 74.7 Å². The molecule has 1 spiro atoms. The molecule has 4 aromatic rings. The molecule has 103 heavy (non-hydrogen) atoms. The summed E-state index contributed by atoms with van der Waals surface area (Å²) in [7, 11) is 7.95. The van der Waals surface area contributed by atoms with Crippen molar-refractivity contribution in [2.75, 3.05) is 90.7 Å². The number of methoxy groups -OCH3 is 2. The van der Waals surface area contributed by atoms with Crippen LogP contribution in [0.15, 0.2) is 54.7 Å². The molecule has 8 heterocycles. The predicted octanol–water partition coefficient (Wildman–Crippen LogP) is -1.75. The molecule has 11 rings (SSSR count). The van der Waals surface area contributed by atoms with E-state index in [1.807, 2.05) is 62.4 Å². The van der Waals surface area contributed by atoms with E-state index in [4.69, 9.17) is 23.7 Å². The zero-order chi connectivity index (χ0) is 74.3. The number of aliphatic hydroxyl groups is 6. The fourth-order valence-corrected chi connectivity index (χ4v) is 19.2. The number of likely N-dealkylation sites (N-methyl/N-ethyl adjacent to an activating group) is 2. The zero-order valence-electron chi connectivity index (χ0n) is 57.7. The smallest absolute Gasteiger partial charge is 0.426 e. The number of aromatic amines is 1. The summed E-state index contributed by atoms with van der Waals surface area (Å²) in [6, 6.07) is 5.50. The number of fused-ring (bicyclic) bond motifs is 6. The van der Waals surface area contributed by atoms with Crippen LogP contribution in [0.1, 0.15) is 80.5 Å². The van der Waals surface area contributed by atoms with Crippen LogP contribution in [0.25, 0.3) is 10.9 Å². The Morgan fingerprint density at radius 1 is 0.864 bits per heavy atom. The molecule has 7 aliphatic rings. The number of H-pyrrole nitrogens is 1. The molecular weight excluding hydrogens is 1390 g/mol. The highest BCUT2D eigenvalue weighted by atomic mass is 33.1. The maximum absolute atomic E-state index is 15.6. The van der Waals surface area contributed by atoms with E-state index in [0.717, 1.165) is 38.1 Å². The number of carboxylic acids is 3. The van der Waals surface area contributed by atoms with Crippen molar-refractivity contribution in [1.29, 1.82) is 0 Å². The Balaban J connectivity index is 0.770. The lowest BCUT2D eigenvalue weighted by Crippen LogP contribution is -2.82. The van der Waals surface area contributed by atoms with Gasteiger partial charge < -0.3 is 95.5 Å². The van der Waals surface area contributed by atoms with Crippen LogP contribution in [-0.2, 0) is 82.7 Å². The van der Waals surface area contributed by atoms with Crippen molar-refractivity contribution >= 4 is 85.9 Å². The molecule has 4 unspecified atom stereocenters. The van der Waals surface area contributed by atoms with Crippen molar-refractivity contribution in [2.45, 2.75) is 161 Å². The van der Waals surface area contributed by atoms with Gasteiger partial charge in [-0.1, -0.05) is 71.0 Å². The first-order valence-corrected chi connectivity index (χ1v) is 36.6. The lowest BCUT2D eigenvalue weighted by Gasteiger charge is -2.63. The number of ether oxygens (including phenoxy) is 5. The molecule has 6 aliphatic heterocycles. The van der Waals surface area contributed by atoms with Gasteiger partial charge in [0.2, 0.25) is 11.8 Å². The third-order valence-electron chi connectivity index (χ3n) is 21.9. The number of carbonyl (C=O) groups is 8. The Hall–Kier alpha value is -7.72. The number of aliphatic carboxylic acids is 3. The number of hydrazine groups is 1. The second-order valence-electron chi connectivity index (χ2n) is 27.6. The Morgan fingerprint density at radius 3 is 2.31 bits per heavy atom. The van der Waals surface area contributed by atoms with Crippen molar-refractivity contribution in [1.82, 2.24) is 56.6 Å². The molecule has 36 heteroatoms. The maximum Gasteiger partial charge on any atom is 0.426 e. The van der Waals surface area contributed by atoms with Crippen molar-refractivity contribution in [3.8, 4) is 5.75 Å². The van der Waals surface area contributed by atoms with Gasteiger partial charge in [0.05, 0.1) is 57.2 Å². The molecule has 3 saturated heterocycles. The summed E-state index contributed by atoms with van der Waals surface area (Å²) in [5.41, 5.74) is 1.11. The van der Waals surface area contributed by atoms with Crippen LogP contribution in [-0.4, -0.2) is 287 Å². The minimum Gasteiger partial charge on any atom is -0.496 e. The minimum absolute atomic E-state index is 0.0345. The lowest BCUT2D eigenvalue weighted by atomic mass is 9.47. The Labute approximate surface area is 599 Å². The first-order chi connectivity index (χ1) is 49.1. The first kappa shape index (κ1) is 76.4. The number of piperidine rings is 1. The molecule has 0 radical (unpaired) electrons. The minimum atomic E-state index is -2.69. The zero-order valence-corrected chi connectivity index (χ0v) is 59.3. The molecule has 4 amide bonds. The van der Waals surface area contributed by atoms with Gasteiger partial charge in [-0.15, -0.1) is 5.10 Å². The molecule has 34 nitrogen and oxygen atoms in total. The second kappa shape index (κ2) is 30.8. The van der Waals surface area contributed by atoms with E-state index in [1.54, 1.807) is 11.9 Å². The van der Waals surface area contributed by atoms with Crippen LogP contribution in [0.2, 0.25) is 0 Å². The fraction of sp³-hybridized carbons (Fsp3) is 0.612. The normalized spacial score (nSPS) is 31.4. The molecule has 2 aromatic heterocycles. The van der Waals surface area contributed by atoms with Crippen LogP contribution >= 0.6 is 21.6 Å². The predicted molar refractivity (Wildman–Crippen MR) is 367 cm³/mol. The van der Waals surface area contributed by atoms with Gasteiger partial charge in [0.15, 0.2) is 18.0 Å². The number of nitrogens with one attached hydrogen (secondary N) is 6. The van der Waals surface area contributed by atoms with Crippen molar-refractivity contribution < 1.29 is 108 Å². The average Bonchev–Trinajstić information content (AvgIpc) is 1.50. The van der Waals surface area contributed by atoms with Gasteiger partial charge in [-0.3, -0.25) is 39.2 Å². The largest absolute Gasteiger partial charge is 0.496 e. The molecule has 1 aliphatic carbocycles. The highest BCUT2D eigenvalue weighted by Gasteiger charge is 2.79. The van der Waals surface area contributed by atoms with E-state index < -0.39 is 155 Å². The standard InChI is InChI=1S/C67H90N12O22S2/c1-7-63(95)28-34-29-66(61(93)98-6,51-37(14-18-77(30-34)33-63)36-12-9-10-13-40(36)69-51)39-25-38-44(27-45(39)97-5)76(4)58-65(38)16-19-78-17-11-15-64(8-2,57(65)78)59(91)67(58,96)60(92)73-74-62(94)100-22-23-102-103-32-43(54(87)88)71-53(86)42(70-52(85)41(68-3)26-46(80)81)24-35-31-79(75-72-35)20-21-99-56-49(84)47(82)48(83)50(101-56)55(89)90/h9-13,15,25,27,31,34,41-43,47-50,56-59,68-69,82-84,91,95-96H,7-8,14,16-24,26,28-30,32-33H2,1-6H3,(H,70,85)(H,71,86)(H,73,92)(H,74,94)(H,80,81)(H,87,88)(H,89,90)/t34-,41+,42+,43+,47+,48?,49?,50?,56-,57+,58-,59-,63+,64-,65-,66+,67+/m1/s1. The average molecular weight is 1480 g/mol. The Morgan fingerprint density at radius 2 is 1.61 bits per heavy atom. The summed E-state index contributed by atoms with van der Waals surface area (Å²) in [5, 5.41) is 115. The summed E-state index contributed by atoms with van der Waals surface area (Å²) in [4.78, 5) is 117. The Kier molecular flexibility index (Phi) is 22.8. The molecule has 1 saturated carbocycles. The van der Waals surface area contributed by atoms with Gasteiger partial charge >= 0.3 is 30.0 Å². The van der Waals surface area contributed by atoms with Gasteiger partial charge in [-0.2, -0.15) is 0 Å². The number of esters is 1. The lowest BCUT2D eigenvalue weighted by molar-refractivity contribution is -0.294. The Bertz CT molecular complexity index is 3900. The number of anilines is 1. The maximum atomic E-state index is 15.6. The number of hydrogen-bond donors (Lipinski definition) is 15. The number of benzene rings is 2. The van der Waals surface area contributed by atoms with E-state index in [1.165, 1.54) is 32.1 Å². The fourth-order valence-electron chi connectivity index (χ4n) is 17.2. The molecule has 562 valence electrons. The summed E-state index contributed by atoms with van der Waals surface area (Å²) < 4.78 is 29.5.